The lowest BCUT2D eigenvalue weighted by Crippen LogP contribution is -2.61. The number of nitrogens with zero attached hydrogens (tertiary/aromatic N) is 3. The fourth-order valence-corrected chi connectivity index (χ4v) is 13.3. The first-order valence-corrected chi connectivity index (χ1v) is 29.3. The molecule has 0 saturated heterocycles. The SMILES string of the molecule is CC(C)(C)c1ccc(N(c2ccc(C(C)(C)C)cc2)c2cc(N3c4ccc(C(C)(C)C)cc4B4c5cc(C(C)(C)C)ccc5N(c5ccc(C(C)(C)C)cc5)c5cc(-c6ccccc6)cc3c54)c3sc4ccccc4c3c2)cc1. The van der Waals surface area contributed by atoms with Gasteiger partial charge in [0.15, 0.2) is 0 Å². The Bertz CT molecular complexity index is 3910. The Morgan fingerprint density at radius 1 is 0.342 bits per heavy atom. The molecule has 0 atom stereocenters. The fraction of sp³-hybridized carbons (Fsp3) is 0.270. The monoisotopic (exact) mass is 1050 g/mol. The first-order chi connectivity index (χ1) is 37.3. The van der Waals surface area contributed by atoms with Gasteiger partial charge in [-0.15, -0.1) is 11.3 Å². The molecule has 0 spiro atoms. The van der Waals surface area contributed by atoms with E-state index in [9.17, 15) is 0 Å². The average Bonchev–Trinajstić information content (AvgIpc) is 3.15. The minimum Gasteiger partial charge on any atom is -0.311 e. The highest BCUT2D eigenvalue weighted by molar-refractivity contribution is 7.26. The molecule has 0 saturated carbocycles. The molecule has 396 valence electrons. The van der Waals surface area contributed by atoms with Gasteiger partial charge >= 0.3 is 0 Å². The third-order valence-electron chi connectivity index (χ3n) is 16.8. The van der Waals surface area contributed by atoms with Gasteiger partial charge in [-0.3, -0.25) is 0 Å². The largest absolute Gasteiger partial charge is 0.311 e. The van der Waals surface area contributed by atoms with Crippen molar-refractivity contribution in [2.75, 3.05) is 14.7 Å². The lowest BCUT2D eigenvalue weighted by Gasteiger charge is -2.45. The van der Waals surface area contributed by atoms with Crippen LogP contribution in [0.15, 0.2) is 188 Å². The second kappa shape index (κ2) is 18.6. The predicted octanol–water partition coefficient (Wildman–Crippen LogP) is 19.8. The molecule has 0 aliphatic carbocycles. The van der Waals surface area contributed by atoms with Gasteiger partial charge in [-0.2, -0.15) is 0 Å². The van der Waals surface area contributed by atoms with Gasteiger partial charge in [0.25, 0.3) is 6.71 Å². The molecule has 2 aliphatic heterocycles. The van der Waals surface area contributed by atoms with Crippen molar-refractivity contribution in [3.05, 3.63) is 216 Å². The molecule has 0 unspecified atom stereocenters. The third-order valence-corrected chi connectivity index (χ3v) is 18.0. The molecular formula is C74H76BN3S. The summed E-state index contributed by atoms with van der Waals surface area (Å²) in [4.78, 5) is 7.75. The Hall–Kier alpha value is -7.34. The van der Waals surface area contributed by atoms with E-state index in [1.54, 1.807) is 0 Å². The molecule has 3 heterocycles. The molecule has 0 amide bonds. The Morgan fingerprint density at radius 3 is 1.29 bits per heavy atom. The minimum atomic E-state index is -0.0873. The first kappa shape index (κ1) is 52.4. The molecule has 2 aliphatic rings. The zero-order valence-corrected chi connectivity index (χ0v) is 50.0. The molecule has 0 radical (unpaired) electrons. The van der Waals surface area contributed by atoms with E-state index in [-0.39, 0.29) is 33.8 Å². The molecule has 9 aromatic carbocycles. The van der Waals surface area contributed by atoms with Gasteiger partial charge in [0, 0.05) is 61.0 Å². The van der Waals surface area contributed by atoms with Crippen molar-refractivity contribution in [3.63, 3.8) is 0 Å². The normalized spacial score (nSPS) is 13.7. The summed E-state index contributed by atoms with van der Waals surface area (Å²) in [5.41, 5.74) is 23.4. The Balaban J connectivity index is 1.21. The van der Waals surface area contributed by atoms with Gasteiger partial charge in [0.1, 0.15) is 0 Å². The van der Waals surface area contributed by atoms with E-state index in [0.29, 0.717) is 0 Å². The Kier molecular flexibility index (Phi) is 12.4. The highest BCUT2D eigenvalue weighted by atomic mass is 32.1. The molecule has 79 heavy (non-hydrogen) atoms. The summed E-state index contributed by atoms with van der Waals surface area (Å²) in [7, 11) is 0. The van der Waals surface area contributed by atoms with Gasteiger partial charge in [-0.05, 0) is 161 Å². The minimum absolute atomic E-state index is 0.0134. The fourth-order valence-electron chi connectivity index (χ4n) is 12.1. The summed E-state index contributed by atoms with van der Waals surface area (Å²) in [5, 5.41) is 2.52. The average molecular weight is 1050 g/mol. The number of benzene rings is 9. The topological polar surface area (TPSA) is 9.72 Å². The molecular weight excluding hydrogens is 974 g/mol. The van der Waals surface area contributed by atoms with Gasteiger partial charge in [-0.25, -0.2) is 0 Å². The number of thiophene rings is 1. The van der Waals surface area contributed by atoms with Crippen LogP contribution < -0.4 is 31.1 Å². The molecule has 12 rings (SSSR count). The number of fused-ring (bicyclic) bond motifs is 7. The van der Waals surface area contributed by atoms with Crippen LogP contribution in [0.3, 0.4) is 0 Å². The van der Waals surface area contributed by atoms with E-state index in [0.717, 1.165) is 22.7 Å². The van der Waals surface area contributed by atoms with E-state index >= 15 is 0 Å². The van der Waals surface area contributed by atoms with Crippen LogP contribution in [0.2, 0.25) is 0 Å². The van der Waals surface area contributed by atoms with E-state index in [1.165, 1.54) is 104 Å². The number of anilines is 9. The van der Waals surface area contributed by atoms with Crippen molar-refractivity contribution in [1.29, 1.82) is 0 Å². The summed E-state index contributed by atoms with van der Waals surface area (Å²) in [5.74, 6) is 0. The zero-order chi connectivity index (χ0) is 55.7. The quantitative estimate of drug-likeness (QED) is 0.154. The first-order valence-electron chi connectivity index (χ1n) is 28.5. The van der Waals surface area contributed by atoms with Crippen LogP contribution in [0.1, 0.15) is 132 Å². The molecule has 3 nitrogen and oxygen atoms in total. The smallest absolute Gasteiger partial charge is 0.252 e. The zero-order valence-electron chi connectivity index (χ0n) is 49.2. The summed E-state index contributed by atoms with van der Waals surface area (Å²) < 4.78 is 2.54. The highest BCUT2D eigenvalue weighted by Gasteiger charge is 2.45. The second-order valence-electron chi connectivity index (χ2n) is 27.6. The van der Waals surface area contributed by atoms with Crippen molar-refractivity contribution in [3.8, 4) is 11.1 Å². The molecule has 10 aromatic rings. The second-order valence-corrected chi connectivity index (χ2v) is 28.7. The van der Waals surface area contributed by atoms with Crippen molar-refractivity contribution in [2.24, 2.45) is 0 Å². The maximum atomic E-state index is 2.67. The number of hydrogen-bond acceptors (Lipinski definition) is 4. The van der Waals surface area contributed by atoms with Crippen LogP contribution >= 0.6 is 11.3 Å². The van der Waals surface area contributed by atoms with E-state index in [1.807, 2.05) is 11.3 Å². The molecule has 1 aromatic heterocycles. The lowest BCUT2D eigenvalue weighted by molar-refractivity contribution is 0.590. The molecule has 0 fully saturated rings. The molecule has 0 bridgehead atoms. The van der Waals surface area contributed by atoms with Crippen molar-refractivity contribution in [1.82, 2.24) is 0 Å². The Morgan fingerprint density at radius 2 is 0.785 bits per heavy atom. The van der Waals surface area contributed by atoms with Crippen molar-refractivity contribution < 1.29 is 0 Å². The lowest BCUT2D eigenvalue weighted by atomic mass is 9.33. The maximum absolute atomic E-state index is 2.67. The summed E-state index contributed by atoms with van der Waals surface area (Å²) in [6.07, 6.45) is 0. The standard InChI is InChI=1S/C74H76BN3S/c1-70(2,3)49-25-33-54(34-26-49)76(55-35-27-50(28-36-55)71(4,5)6)57-45-59-58-23-19-20-24-67(58)79-69(59)66(46-57)78-63-40-32-53(74(13,14)15)44-61(63)75-60-43-52(73(10,11)12)31-39-62(60)77(56-37-29-51(30-38-56)72(7,8)9)64-41-48(42-65(78)68(64)75)47-21-17-16-18-22-47/h16-46H,1-15H3. The predicted molar refractivity (Wildman–Crippen MR) is 347 cm³/mol. The van der Waals surface area contributed by atoms with Gasteiger partial charge < -0.3 is 14.7 Å². The van der Waals surface area contributed by atoms with Crippen LogP contribution in [0.25, 0.3) is 31.3 Å². The van der Waals surface area contributed by atoms with E-state index < -0.39 is 0 Å². The summed E-state index contributed by atoms with van der Waals surface area (Å²) in [6.45, 7) is 34.8. The van der Waals surface area contributed by atoms with Gasteiger partial charge in [0.2, 0.25) is 0 Å². The van der Waals surface area contributed by atoms with Crippen LogP contribution in [0.5, 0.6) is 0 Å². The van der Waals surface area contributed by atoms with E-state index in [2.05, 4.69) is 307 Å². The maximum Gasteiger partial charge on any atom is 0.252 e. The van der Waals surface area contributed by atoms with Crippen LogP contribution in [0.4, 0.5) is 51.2 Å². The highest BCUT2D eigenvalue weighted by Crippen LogP contribution is 2.53. The van der Waals surface area contributed by atoms with Gasteiger partial charge in [-0.1, -0.05) is 213 Å². The molecule has 0 N–H and O–H groups in total. The summed E-state index contributed by atoms with van der Waals surface area (Å²) in [6, 6.07) is 72.8. The number of rotatable bonds is 6. The Labute approximate surface area is 475 Å². The van der Waals surface area contributed by atoms with Crippen LogP contribution in [-0.4, -0.2) is 6.71 Å². The van der Waals surface area contributed by atoms with Crippen LogP contribution in [0, 0.1) is 0 Å². The number of hydrogen-bond donors (Lipinski definition) is 0. The van der Waals surface area contributed by atoms with Gasteiger partial charge in [0.05, 0.1) is 10.4 Å². The van der Waals surface area contributed by atoms with Crippen LogP contribution in [-0.2, 0) is 27.1 Å². The molecule has 5 heteroatoms. The summed E-state index contributed by atoms with van der Waals surface area (Å²) >= 11 is 1.91. The van der Waals surface area contributed by atoms with Crippen molar-refractivity contribution in [2.45, 2.75) is 131 Å². The third kappa shape index (κ3) is 9.26. The van der Waals surface area contributed by atoms with E-state index in [4.69, 9.17) is 0 Å². The van der Waals surface area contributed by atoms with Crippen molar-refractivity contribution >= 4 is 106 Å².